The number of fused-ring (bicyclic) bond motifs is 1. The van der Waals surface area contributed by atoms with Gasteiger partial charge in [-0.1, -0.05) is 65.8 Å². The number of halogens is 1. The number of carbonyl (C=O) groups excluding carboxylic acids is 1. The average Bonchev–Trinajstić information content (AvgIpc) is 3.27. The summed E-state index contributed by atoms with van der Waals surface area (Å²) in [6, 6.07) is 26.5. The van der Waals surface area contributed by atoms with Gasteiger partial charge in [-0.3, -0.25) is 4.79 Å². The quantitative estimate of drug-likeness (QED) is 0.418. The molecule has 1 aliphatic rings. The molecule has 0 spiro atoms. The number of nitrogens with zero attached hydrogens (tertiary/aromatic N) is 2. The molecule has 0 unspecified atom stereocenters. The van der Waals surface area contributed by atoms with Gasteiger partial charge in [0, 0.05) is 36.4 Å². The van der Waals surface area contributed by atoms with Crippen molar-refractivity contribution in [3.05, 3.63) is 113 Å². The number of rotatable bonds is 5. The second-order valence-electron chi connectivity index (χ2n) is 8.09. The van der Waals surface area contributed by atoms with Crippen LogP contribution in [0.4, 0.5) is 4.39 Å². The van der Waals surface area contributed by atoms with Crippen molar-refractivity contribution in [1.29, 1.82) is 0 Å². The predicted octanol–water partition coefficient (Wildman–Crippen LogP) is 5.59. The molecule has 3 aromatic carbocycles. The molecule has 0 radical (unpaired) electrons. The van der Waals surface area contributed by atoms with E-state index in [1.807, 2.05) is 41.3 Å². The highest BCUT2D eigenvalue weighted by molar-refractivity contribution is 5.78. The van der Waals surface area contributed by atoms with E-state index in [0.29, 0.717) is 31.7 Å². The lowest BCUT2D eigenvalue weighted by atomic mass is 9.88. The Bertz CT molecular complexity index is 1160. The Morgan fingerprint density at radius 2 is 1.56 bits per heavy atom. The molecule has 1 aliphatic heterocycles. The van der Waals surface area contributed by atoms with Crippen LogP contribution in [0.25, 0.3) is 11.3 Å². The standard InChI is InChI=1S/C27H23FN2O2/c28-22-13-11-21(12-14-22)27-24-18-30(16-15-25(24)29-32-27)26(31)17-23(19-7-3-1-4-8-19)20-9-5-2-6-10-20/h1-14,23H,15-18H2. The van der Waals surface area contributed by atoms with Crippen LogP contribution >= 0.6 is 0 Å². The lowest BCUT2D eigenvalue weighted by molar-refractivity contribution is -0.132. The van der Waals surface area contributed by atoms with Gasteiger partial charge in [0.25, 0.3) is 0 Å². The number of carbonyl (C=O) groups is 1. The third-order valence-electron chi connectivity index (χ3n) is 6.08. The average molecular weight is 426 g/mol. The molecule has 32 heavy (non-hydrogen) atoms. The minimum absolute atomic E-state index is 0.00894. The first-order valence-electron chi connectivity index (χ1n) is 10.8. The third kappa shape index (κ3) is 4.06. The van der Waals surface area contributed by atoms with Gasteiger partial charge >= 0.3 is 0 Å². The van der Waals surface area contributed by atoms with Crippen LogP contribution in [-0.2, 0) is 17.8 Å². The molecule has 0 saturated heterocycles. The lowest BCUT2D eigenvalue weighted by Gasteiger charge is -2.28. The van der Waals surface area contributed by atoms with Crippen LogP contribution in [0.3, 0.4) is 0 Å². The van der Waals surface area contributed by atoms with E-state index in [0.717, 1.165) is 27.9 Å². The van der Waals surface area contributed by atoms with Gasteiger partial charge in [0.05, 0.1) is 12.2 Å². The third-order valence-corrected chi connectivity index (χ3v) is 6.08. The fourth-order valence-corrected chi connectivity index (χ4v) is 4.36. The van der Waals surface area contributed by atoms with Crippen LogP contribution in [0, 0.1) is 5.82 Å². The summed E-state index contributed by atoms with van der Waals surface area (Å²) in [6.07, 6.45) is 1.04. The molecule has 0 N–H and O–H groups in total. The maximum atomic E-state index is 13.4. The van der Waals surface area contributed by atoms with Crippen molar-refractivity contribution in [2.24, 2.45) is 0 Å². The molecule has 1 amide bonds. The monoisotopic (exact) mass is 426 g/mol. The number of hydrogen-bond acceptors (Lipinski definition) is 3. The summed E-state index contributed by atoms with van der Waals surface area (Å²) in [4.78, 5) is 15.3. The van der Waals surface area contributed by atoms with E-state index in [-0.39, 0.29) is 17.6 Å². The first-order chi connectivity index (χ1) is 15.7. The van der Waals surface area contributed by atoms with E-state index in [1.54, 1.807) is 12.1 Å². The minimum atomic E-state index is -0.299. The number of benzene rings is 3. The molecule has 5 heteroatoms. The fraction of sp³-hybridized carbons (Fsp3) is 0.185. The molecule has 2 heterocycles. The van der Waals surface area contributed by atoms with Crippen molar-refractivity contribution in [2.45, 2.75) is 25.3 Å². The maximum absolute atomic E-state index is 13.4. The zero-order valence-electron chi connectivity index (χ0n) is 17.6. The van der Waals surface area contributed by atoms with Gasteiger partial charge in [0.2, 0.25) is 5.91 Å². The first-order valence-corrected chi connectivity index (χ1v) is 10.8. The summed E-state index contributed by atoms with van der Waals surface area (Å²) in [5, 5.41) is 4.20. The summed E-state index contributed by atoms with van der Waals surface area (Å²) in [5.74, 6) is 0.400. The molecule has 0 bridgehead atoms. The smallest absolute Gasteiger partial charge is 0.223 e. The Morgan fingerprint density at radius 1 is 0.938 bits per heavy atom. The van der Waals surface area contributed by atoms with Crippen molar-refractivity contribution >= 4 is 5.91 Å². The molecule has 4 nitrogen and oxygen atoms in total. The van der Waals surface area contributed by atoms with Crippen LogP contribution in [0.5, 0.6) is 0 Å². The van der Waals surface area contributed by atoms with Crippen LogP contribution < -0.4 is 0 Å². The zero-order valence-corrected chi connectivity index (χ0v) is 17.6. The Balaban J connectivity index is 1.39. The first kappa shape index (κ1) is 20.2. The van der Waals surface area contributed by atoms with Gasteiger partial charge in [0.1, 0.15) is 5.82 Å². The fourth-order valence-electron chi connectivity index (χ4n) is 4.36. The second-order valence-corrected chi connectivity index (χ2v) is 8.09. The lowest BCUT2D eigenvalue weighted by Crippen LogP contribution is -2.36. The van der Waals surface area contributed by atoms with Crippen molar-refractivity contribution in [3.8, 4) is 11.3 Å². The summed E-state index contributed by atoms with van der Waals surface area (Å²) in [7, 11) is 0. The minimum Gasteiger partial charge on any atom is -0.356 e. The van der Waals surface area contributed by atoms with Crippen molar-refractivity contribution in [2.75, 3.05) is 6.54 Å². The highest BCUT2D eigenvalue weighted by Crippen LogP contribution is 2.33. The van der Waals surface area contributed by atoms with Crippen molar-refractivity contribution in [1.82, 2.24) is 10.1 Å². The Kier molecular flexibility index (Phi) is 5.55. The van der Waals surface area contributed by atoms with Gasteiger partial charge in [-0.25, -0.2) is 4.39 Å². The highest BCUT2D eigenvalue weighted by atomic mass is 19.1. The predicted molar refractivity (Wildman–Crippen MR) is 120 cm³/mol. The molecule has 0 atom stereocenters. The van der Waals surface area contributed by atoms with Crippen molar-refractivity contribution < 1.29 is 13.7 Å². The van der Waals surface area contributed by atoms with Gasteiger partial charge in [-0.15, -0.1) is 0 Å². The number of amides is 1. The van der Waals surface area contributed by atoms with E-state index >= 15 is 0 Å². The van der Waals surface area contributed by atoms with Crippen LogP contribution in [-0.4, -0.2) is 22.5 Å². The van der Waals surface area contributed by atoms with Crippen LogP contribution in [0.1, 0.15) is 34.7 Å². The SMILES string of the molecule is O=C(CC(c1ccccc1)c1ccccc1)N1CCc2noc(-c3ccc(F)cc3)c2C1. The molecule has 0 fully saturated rings. The largest absolute Gasteiger partial charge is 0.356 e. The normalized spacial score (nSPS) is 13.2. The highest BCUT2D eigenvalue weighted by Gasteiger charge is 2.29. The maximum Gasteiger partial charge on any atom is 0.223 e. The summed E-state index contributed by atoms with van der Waals surface area (Å²) < 4.78 is 18.9. The van der Waals surface area contributed by atoms with E-state index < -0.39 is 0 Å². The zero-order chi connectivity index (χ0) is 21.9. The Labute approximate surface area is 186 Å². The summed E-state index contributed by atoms with van der Waals surface area (Å²) >= 11 is 0. The Morgan fingerprint density at radius 3 is 2.19 bits per heavy atom. The van der Waals surface area contributed by atoms with Crippen LogP contribution in [0.2, 0.25) is 0 Å². The van der Waals surface area contributed by atoms with Crippen LogP contribution in [0.15, 0.2) is 89.5 Å². The Hall–Kier alpha value is -3.73. The van der Waals surface area contributed by atoms with Gasteiger partial charge in [-0.05, 0) is 35.4 Å². The van der Waals surface area contributed by atoms with E-state index in [9.17, 15) is 9.18 Å². The molecule has 0 saturated carbocycles. The van der Waals surface area contributed by atoms with E-state index in [1.165, 1.54) is 12.1 Å². The van der Waals surface area contributed by atoms with Crippen molar-refractivity contribution in [3.63, 3.8) is 0 Å². The molecular formula is C27H23FN2O2. The number of aromatic nitrogens is 1. The molecule has 4 aromatic rings. The molecule has 160 valence electrons. The molecule has 0 aliphatic carbocycles. The van der Waals surface area contributed by atoms with Gasteiger partial charge in [-0.2, -0.15) is 0 Å². The molecule has 5 rings (SSSR count). The molecular weight excluding hydrogens is 403 g/mol. The number of hydrogen-bond donors (Lipinski definition) is 0. The summed E-state index contributed by atoms with van der Waals surface area (Å²) in [5.41, 5.74) is 4.80. The summed E-state index contributed by atoms with van der Waals surface area (Å²) in [6.45, 7) is 1.05. The topological polar surface area (TPSA) is 46.3 Å². The van der Waals surface area contributed by atoms with Gasteiger partial charge < -0.3 is 9.42 Å². The second kappa shape index (κ2) is 8.79. The van der Waals surface area contributed by atoms with Gasteiger partial charge in [0.15, 0.2) is 5.76 Å². The molecule has 1 aromatic heterocycles. The van der Waals surface area contributed by atoms with E-state index in [2.05, 4.69) is 29.4 Å². The van der Waals surface area contributed by atoms with E-state index in [4.69, 9.17) is 4.52 Å².